The molecule has 0 saturated heterocycles. The van der Waals surface area contributed by atoms with E-state index in [1.54, 1.807) is 0 Å². The number of hydrogen-bond donors (Lipinski definition) is 1. The third-order valence-corrected chi connectivity index (χ3v) is 9.28. The SMILES string of the molecule is CCCCC[Te][Se]C=CC(=O)O. The van der Waals surface area contributed by atoms with Crippen molar-refractivity contribution in [1.29, 1.82) is 0 Å². The maximum absolute atomic E-state index is 10.1. The van der Waals surface area contributed by atoms with Crippen molar-refractivity contribution in [2.45, 2.75) is 30.7 Å². The van der Waals surface area contributed by atoms with Crippen molar-refractivity contribution in [1.82, 2.24) is 0 Å². The van der Waals surface area contributed by atoms with Crippen molar-refractivity contribution >= 4 is 36.4 Å². The van der Waals surface area contributed by atoms with E-state index in [4.69, 9.17) is 5.11 Å². The Balaban J connectivity index is 3.05. The molecule has 0 rings (SSSR count). The summed E-state index contributed by atoms with van der Waals surface area (Å²) < 4.78 is 1.38. The molecule has 0 bridgehead atoms. The molecule has 0 spiro atoms. The summed E-state index contributed by atoms with van der Waals surface area (Å²) in [7, 11) is 0. The van der Waals surface area contributed by atoms with Gasteiger partial charge in [0.15, 0.2) is 0 Å². The van der Waals surface area contributed by atoms with E-state index in [2.05, 4.69) is 6.92 Å². The van der Waals surface area contributed by atoms with Crippen molar-refractivity contribution < 1.29 is 9.90 Å². The van der Waals surface area contributed by atoms with Gasteiger partial charge in [-0.25, -0.2) is 0 Å². The third kappa shape index (κ3) is 10.5. The van der Waals surface area contributed by atoms with Crippen LogP contribution >= 0.6 is 0 Å². The monoisotopic (exact) mass is 352 g/mol. The second-order valence-electron chi connectivity index (χ2n) is 2.27. The Morgan fingerprint density at radius 2 is 2.33 bits per heavy atom. The second-order valence-corrected chi connectivity index (χ2v) is 11.3. The molecule has 0 radical (unpaired) electrons. The molecule has 70 valence electrons. The van der Waals surface area contributed by atoms with Gasteiger partial charge in [0.1, 0.15) is 0 Å². The first-order valence-electron chi connectivity index (χ1n) is 3.95. The zero-order chi connectivity index (χ0) is 9.23. The van der Waals surface area contributed by atoms with Crippen LogP contribution in [-0.2, 0) is 4.79 Å². The number of carbonyl (C=O) groups is 1. The van der Waals surface area contributed by atoms with E-state index in [0.29, 0.717) is 11.8 Å². The summed E-state index contributed by atoms with van der Waals surface area (Å²) in [6.07, 6.45) is 5.25. The van der Waals surface area contributed by atoms with Crippen LogP contribution in [0.5, 0.6) is 0 Å². The number of aliphatic carboxylic acids is 1. The molecule has 0 aromatic carbocycles. The molecule has 0 aliphatic heterocycles. The van der Waals surface area contributed by atoms with Gasteiger partial charge < -0.3 is 0 Å². The van der Waals surface area contributed by atoms with Gasteiger partial charge in [-0.05, 0) is 0 Å². The maximum atomic E-state index is 10.1. The van der Waals surface area contributed by atoms with Gasteiger partial charge in [0, 0.05) is 0 Å². The molecule has 4 heteroatoms. The molecule has 0 aromatic rings. The molecule has 0 atom stereocenters. The summed E-state index contributed by atoms with van der Waals surface area (Å²) in [4.78, 5) is 11.9. The molecule has 2 nitrogen and oxygen atoms in total. The van der Waals surface area contributed by atoms with Gasteiger partial charge in [0.2, 0.25) is 0 Å². The zero-order valence-electron chi connectivity index (χ0n) is 7.16. The van der Waals surface area contributed by atoms with E-state index in [1.165, 1.54) is 29.8 Å². The Morgan fingerprint density at radius 3 is 2.92 bits per heavy atom. The first-order valence-corrected chi connectivity index (χ1v) is 12.2. The minimum absolute atomic E-state index is 0.132. The Kier molecular flexibility index (Phi) is 10.0. The fourth-order valence-corrected chi connectivity index (χ4v) is 7.31. The van der Waals surface area contributed by atoms with Gasteiger partial charge in [0.05, 0.1) is 0 Å². The minimum atomic E-state index is -0.808. The van der Waals surface area contributed by atoms with E-state index in [0.717, 1.165) is 0 Å². The van der Waals surface area contributed by atoms with E-state index in [-0.39, 0.29) is 18.7 Å². The van der Waals surface area contributed by atoms with Crippen LogP contribution in [0.4, 0.5) is 0 Å². The van der Waals surface area contributed by atoms with Crippen molar-refractivity contribution in [2.75, 3.05) is 0 Å². The fourth-order valence-electron chi connectivity index (χ4n) is 0.584. The van der Waals surface area contributed by atoms with Crippen LogP contribution in [0.25, 0.3) is 0 Å². The molecule has 0 heterocycles. The molecule has 0 unspecified atom stereocenters. The van der Waals surface area contributed by atoms with Crippen molar-refractivity contribution in [3.8, 4) is 0 Å². The molecule has 12 heavy (non-hydrogen) atoms. The number of unbranched alkanes of at least 4 members (excludes halogenated alkanes) is 2. The van der Waals surface area contributed by atoms with Gasteiger partial charge in [-0.3, -0.25) is 0 Å². The van der Waals surface area contributed by atoms with Crippen LogP contribution in [0.3, 0.4) is 0 Å². The van der Waals surface area contributed by atoms with Crippen molar-refractivity contribution in [2.24, 2.45) is 0 Å². The summed E-state index contributed by atoms with van der Waals surface area (Å²) in [5.74, 6) is -0.808. The molecule has 0 fully saturated rings. The van der Waals surface area contributed by atoms with Crippen LogP contribution < -0.4 is 0 Å². The Bertz CT molecular complexity index is 148. The molecule has 0 aliphatic rings. The molecular weight excluding hydrogens is 335 g/mol. The summed E-state index contributed by atoms with van der Waals surface area (Å²) in [6, 6.07) is 0. The Labute approximate surface area is 87.7 Å². The molecule has 0 amide bonds. The van der Waals surface area contributed by atoms with E-state index < -0.39 is 5.97 Å². The fraction of sp³-hybridized carbons (Fsp3) is 0.625. The van der Waals surface area contributed by atoms with Gasteiger partial charge in [-0.15, -0.1) is 0 Å². The number of carboxylic acid groups (broad SMARTS) is 1. The van der Waals surface area contributed by atoms with Crippen molar-refractivity contribution in [3.05, 3.63) is 11.1 Å². The van der Waals surface area contributed by atoms with Crippen molar-refractivity contribution in [3.63, 3.8) is 0 Å². The molecule has 0 aliphatic carbocycles. The van der Waals surface area contributed by atoms with E-state index in [9.17, 15) is 4.79 Å². The predicted octanol–water partition coefficient (Wildman–Crippen LogP) is 1.52. The molecule has 0 saturated carbocycles. The van der Waals surface area contributed by atoms with E-state index >= 15 is 0 Å². The first-order chi connectivity index (χ1) is 5.77. The number of rotatable bonds is 7. The van der Waals surface area contributed by atoms with Gasteiger partial charge in [0.25, 0.3) is 0 Å². The number of hydrogen-bond acceptors (Lipinski definition) is 1. The van der Waals surface area contributed by atoms with Gasteiger partial charge >= 0.3 is 88.0 Å². The average Bonchev–Trinajstić information content (AvgIpc) is 2.02. The summed E-state index contributed by atoms with van der Waals surface area (Å²) in [5.41, 5.74) is 0. The van der Waals surface area contributed by atoms with Gasteiger partial charge in [-0.2, -0.15) is 0 Å². The summed E-state index contributed by atoms with van der Waals surface area (Å²) >= 11 is 0.657. The first kappa shape index (κ1) is 12.5. The summed E-state index contributed by atoms with van der Waals surface area (Å²) in [5, 5.41) is 8.29. The van der Waals surface area contributed by atoms with Crippen LogP contribution in [0.1, 0.15) is 26.2 Å². The molecular formula is C8H14O2SeTe. The Morgan fingerprint density at radius 1 is 1.58 bits per heavy atom. The normalized spacial score (nSPS) is 10.8. The molecule has 1 N–H and O–H groups in total. The molecule has 0 aromatic heterocycles. The average molecular weight is 349 g/mol. The Hall–Kier alpha value is 0.519. The zero-order valence-corrected chi connectivity index (χ0v) is 11.2. The van der Waals surface area contributed by atoms with Crippen LogP contribution in [0, 0.1) is 0 Å². The van der Waals surface area contributed by atoms with E-state index in [1.807, 2.05) is 4.97 Å². The number of carboxylic acids is 1. The van der Waals surface area contributed by atoms with Crippen LogP contribution in [0.2, 0.25) is 4.47 Å². The van der Waals surface area contributed by atoms with Crippen LogP contribution in [0.15, 0.2) is 11.1 Å². The standard InChI is InChI=1S/C8H14O2SeTe/c1-2-3-4-7-12-11-6-5-8(9)10/h5-6H,2-4,7H2,1H3,(H,9,10). The van der Waals surface area contributed by atoms with Gasteiger partial charge in [-0.1, -0.05) is 0 Å². The second kappa shape index (κ2) is 9.61. The van der Waals surface area contributed by atoms with Crippen LogP contribution in [-0.4, -0.2) is 41.5 Å². The predicted molar refractivity (Wildman–Crippen MR) is 52.6 cm³/mol. The summed E-state index contributed by atoms with van der Waals surface area (Å²) in [6.45, 7) is 2.20. The topological polar surface area (TPSA) is 37.3 Å². The quantitative estimate of drug-likeness (QED) is 0.430. The third-order valence-electron chi connectivity index (χ3n) is 1.17.